The van der Waals surface area contributed by atoms with Gasteiger partial charge in [0.15, 0.2) is 5.16 Å². The van der Waals surface area contributed by atoms with Gasteiger partial charge in [-0.1, -0.05) is 23.9 Å². The highest BCUT2D eigenvalue weighted by molar-refractivity contribution is 7.99. The fourth-order valence-corrected chi connectivity index (χ4v) is 4.32. The highest BCUT2D eigenvalue weighted by Gasteiger charge is 2.35. The molecule has 0 saturated heterocycles. The van der Waals surface area contributed by atoms with E-state index in [0.29, 0.717) is 48.5 Å². The van der Waals surface area contributed by atoms with Crippen molar-refractivity contribution in [2.45, 2.75) is 49.3 Å². The zero-order valence-electron chi connectivity index (χ0n) is 15.9. The molecule has 0 radical (unpaired) electrons. The van der Waals surface area contributed by atoms with Crippen molar-refractivity contribution in [2.24, 2.45) is 0 Å². The van der Waals surface area contributed by atoms with E-state index in [9.17, 15) is 14.9 Å². The van der Waals surface area contributed by atoms with Crippen molar-refractivity contribution < 1.29 is 9.53 Å². The summed E-state index contributed by atoms with van der Waals surface area (Å²) in [6.07, 6.45) is 3.96. The van der Waals surface area contributed by atoms with Gasteiger partial charge in [0.2, 0.25) is 5.91 Å². The van der Waals surface area contributed by atoms with Crippen molar-refractivity contribution in [3.05, 3.63) is 34.6 Å². The number of methoxy groups -OCH3 is 1. The summed E-state index contributed by atoms with van der Waals surface area (Å²) in [6.45, 7) is 1.01. The molecule has 0 bridgehead atoms. The molecule has 3 rings (SSSR count). The molecule has 1 aliphatic rings. The first kappa shape index (κ1) is 20.4. The summed E-state index contributed by atoms with van der Waals surface area (Å²) in [7, 11) is 1.62. The number of rotatable bonds is 8. The van der Waals surface area contributed by atoms with Crippen LogP contribution < -0.4 is 10.9 Å². The van der Waals surface area contributed by atoms with Gasteiger partial charge in [-0.3, -0.25) is 14.2 Å². The normalized spacial score (nSPS) is 15.4. The van der Waals surface area contributed by atoms with E-state index in [1.807, 2.05) is 12.1 Å². The van der Waals surface area contributed by atoms with Crippen LogP contribution in [0.1, 0.15) is 32.1 Å². The van der Waals surface area contributed by atoms with Crippen molar-refractivity contribution in [3.8, 4) is 6.07 Å². The van der Waals surface area contributed by atoms with Gasteiger partial charge in [0, 0.05) is 20.3 Å². The highest BCUT2D eigenvalue weighted by Crippen LogP contribution is 2.29. The summed E-state index contributed by atoms with van der Waals surface area (Å²) < 4.78 is 6.70. The summed E-state index contributed by atoms with van der Waals surface area (Å²) >= 11 is 1.22. The van der Waals surface area contributed by atoms with E-state index in [1.54, 1.807) is 23.8 Å². The van der Waals surface area contributed by atoms with Crippen LogP contribution in [0, 0.1) is 11.3 Å². The van der Waals surface area contributed by atoms with Gasteiger partial charge in [0.25, 0.3) is 5.56 Å². The molecule has 2 aromatic rings. The lowest BCUT2D eigenvalue weighted by molar-refractivity contribution is -0.119. The van der Waals surface area contributed by atoms with Crippen molar-refractivity contribution in [1.29, 1.82) is 5.26 Å². The third-order valence-corrected chi connectivity index (χ3v) is 5.92. The maximum Gasteiger partial charge on any atom is 0.262 e. The molecule has 0 unspecified atom stereocenters. The number of thioether (sulfide) groups is 1. The average molecular weight is 401 g/mol. The van der Waals surface area contributed by atoms with E-state index in [1.165, 1.54) is 11.8 Å². The third kappa shape index (κ3) is 4.54. The molecular formula is C20H24N4O3S. The number of benzene rings is 1. The Balaban J connectivity index is 1.79. The van der Waals surface area contributed by atoms with E-state index in [-0.39, 0.29) is 17.2 Å². The molecule has 1 aliphatic carbocycles. The number of hydrogen-bond acceptors (Lipinski definition) is 6. The van der Waals surface area contributed by atoms with Crippen LogP contribution in [0.2, 0.25) is 0 Å². The first-order chi connectivity index (χ1) is 13.6. The van der Waals surface area contributed by atoms with Gasteiger partial charge in [-0.2, -0.15) is 5.26 Å². The second-order valence-corrected chi connectivity index (χ2v) is 7.90. The molecule has 0 spiro atoms. The number of fused-ring (bicyclic) bond motifs is 1. The highest BCUT2D eigenvalue weighted by atomic mass is 32.2. The fourth-order valence-electron chi connectivity index (χ4n) is 3.50. The predicted molar refractivity (Wildman–Crippen MR) is 108 cm³/mol. The van der Waals surface area contributed by atoms with E-state index in [4.69, 9.17) is 4.74 Å². The zero-order valence-corrected chi connectivity index (χ0v) is 16.8. The summed E-state index contributed by atoms with van der Waals surface area (Å²) in [4.78, 5) is 29.9. The molecule has 1 aromatic heterocycles. The summed E-state index contributed by atoms with van der Waals surface area (Å²) in [5.41, 5.74) is -0.247. The monoisotopic (exact) mass is 400 g/mol. The molecule has 1 aromatic carbocycles. The van der Waals surface area contributed by atoms with Gasteiger partial charge in [0.1, 0.15) is 5.54 Å². The van der Waals surface area contributed by atoms with E-state index in [0.717, 1.165) is 12.8 Å². The summed E-state index contributed by atoms with van der Waals surface area (Å²) in [5, 5.41) is 13.4. The lowest BCUT2D eigenvalue weighted by Crippen LogP contribution is -2.45. The Kier molecular flexibility index (Phi) is 6.70. The zero-order chi connectivity index (χ0) is 20.0. The maximum atomic E-state index is 12.9. The second kappa shape index (κ2) is 9.22. The topological polar surface area (TPSA) is 97.0 Å². The lowest BCUT2D eigenvalue weighted by Gasteiger charge is -2.22. The minimum Gasteiger partial charge on any atom is -0.385 e. The quantitative estimate of drug-likeness (QED) is 0.415. The Labute approximate surface area is 168 Å². The minimum atomic E-state index is -0.743. The van der Waals surface area contributed by atoms with Gasteiger partial charge in [-0.05, 0) is 44.2 Å². The van der Waals surface area contributed by atoms with Crippen LogP contribution in [0.25, 0.3) is 10.9 Å². The standard InChI is InChI=1S/C20H24N4O3S/c1-27-12-6-11-24-18(26)15-7-2-3-8-16(15)22-19(24)28-13-17(25)23-20(14-21)9-4-5-10-20/h2-3,7-8H,4-6,9-13H2,1H3,(H,23,25). The van der Waals surface area contributed by atoms with Crippen molar-refractivity contribution in [2.75, 3.05) is 19.5 Å². The molecular weight excluding hydrogens is 376 g/mol. The van der Waals surface area contributed by atoms with Crippen LogP contribution in [0.3, 0.4) is 0 Å². The maximum absolute atomic E-state index is 12.9. The number of hydrogen-bond donors (Lipinski definition) is 1. The van der Waals surface area contributed by atoms with Crippen LogP contribution in [0.15, 0.2) is 34.2 Å². The first-order valence-electron chi connectivity index (χ1n) is 9.42. The number of para-hydroxylation sites is 1. The molecule has 1 N–H and O–H groups in total. The Morgan fingerprint density at radius 3 is 2.86 bits per heavy atom. The number of carbonyl (C=O) groups is 1. The Morgan fingerprint density at radius 1 is 1.39 bits per heavy atom. The molecule has 1 saturated carbocycles. The second-order valence-electron chi connectivity index (χ2n) is 6.95. The van der Waals surface area contributed by atoms with Gasteiger partial charge in [-0.25, -0.2) is 4.98 Å². The van der Waals surface area contributed by atoms with E-state index >= 15 is 0 Å². The number of nitrogens with one attached hydrogen (secondary N) is 1. The molecule has 1 fully saturated rings. The Bertz CT molecular complexity index is 945. The van der Waals surface area contributed by atoms with Gasteiger partial charge >= 0.3 is 0 Å². The largest absolute Gasteiger partial charge is 0.385 e. The lowest BCUT2D eigenvalue weighted by atomic mass is 10.0. The SMILES string of the molecule is COCCCn1c(SCC(=O)NC2(C#N)CCCC2)nc2ccccc2c1=O. The van der Waals surface area contributed by atoms with E-state index < -0.39 is 5.54 Å². The predicted octanol–water partition coefficient (Wildman–Crippen LogP) is 2.48. The van der Waals surface area contributed by atoms with Crippen LogP contribution in [-0.2, 0) is 16.1 Å². The fraction of sp³-hybridized carbons (Fsp3) is 0.500. The first-order valence-corrected chi connectivity index (χ1v) is 10.4. The van der Waals surface area contributed by atoms with E-state index in [2.05, 4.69) is 16.4 Å². The minimum absolute atomic E-state index is 0.110. The average Bonchev–Trinajstić information content (AvgIpc) is 3.17. The molecule has 8 heteroatoms. The molecule has 0 aliphatic heterocycles. The number of aromatic nitrogens is 2. The molecule has 1 amide bonds. The van der Waals surface area contributed by atoms with Gasteiger partial charge < -0.3 is 10.1 Å². The van der Waals surface area contributed by atoms with Crippen LogP contribution >= 0.6 is 11.8 Å². The van der Waals surface area contributed by atoms with Crippen molar-refractivity contribution in [1.82, 2.24) is 14.9 Å². The van der Waals surface area contributed by atoms with Crippen LogP contribution in [0.4, 0.5) is 0 Å². The number of carbonyl (C=O) groups excluding carboxylic acids is 1. The smallest absolute Gasteiger partial charge is 0.262 e. The summed E-state index contributed by atoms with van der Waals surface area (Å²) in [6, 6.07) is 9.46. The number of ether oxygens (including phenoxy) is 1. The van der Waals surface area contributed by atoms with Crippen LogP contribution in [-0.4, -0.2) is 40.5 Å². The number of nitrogens with zero attached hydrogens (tertiary/aromatic N) is 3. The number of amides is 1. The number of nitriles is 1. The van der Waals surface area contributed by atoms with Crippen LogP contribution in [0.5, 0.6) is 0 Å². The van der Waals surface area contributed by atoms with Gasteiger partial charge in [-0.15, -0.1) is 0 Å². The molecule has 148 valence electrons. The van der Waals surface area contributed by atoms with Crippen molar-refractivity contribution >= 4 is 28.6 Å². The molecule has 1 heterocycles. The molecule has 7 nitrogen and oxygen atoms in total. The summed E-state index contributed by atoms with van der Waals surface area (Å²) in [5.74, 6) is -0.0994. The Hall–Kier alpha value is -2.37. The molecule has 0 atom stereocenters. The molecule has 28 heavy (non-hydrogen) atoms. The third-order valence-electron chi connectivity index (χ3n) is 4.94. The Morgan fingerprint density at radius 2 is 2.14 bits per heavy atom. The van der Waals surface area contributed by atoms with Gasteiger partial charge in [0.05, 0.1) is 22.7 Å². The van der Waals surface area contributed by atoms with Crippen molar-refractivity contribution in [3.63, 3.8) is 0 Å².